The fraction of sp³-hybridized carbons (Fsp3) is 0.273. The third-order valence-corrected chi connectivity index (χ3v) is 8.02. The van der Waals surface area contributed by atoms with E-state index in [1.54, 1.807) is 0 Å². The highest BCUT2D eigenvalue weighted by atomic mass is 15.1. The van der Waals surface area contributed by atoms with Crippen LogP contribution < -0.4 is 0 Å². The Hall–Kier alpha value is -3.20. The molecule has 0 heterocycles. The van der Waals surface area contributed by atoms with Crippen LogP contribution in [0.3, 0.4) is 0 Å². The average molecular weight is 459 g/mol. The quantitative estimate of drug-likeness (QED) is 0.267. The molecule has 0 amide bonds. The van der Waals surface area contributed by atoms with Crippen LogP contribution in [-0.4, -0.2) is 37.0 Å². The SMILES string of the molecule is CCN(CC)Cc1ccc2c(c1)C1(c3ccccc3-c3ccccc31)c1cc(CN(C)C)ccc1-2. The van der Waals surface area contributed by atoms with Crippen molar-refractivity contribution in [2.24, 2.45) is 0 Å². The lowest BCUT2D eigenvalue weighted by atomic mass is 9.70. The Morgan fingerprint density at radius 2 is 1.00 bits per heavy atom. The molecule has 4 aromatic rings. The lowest BCUT2D eigenvalue weighted by molar-refractivity contribution is 0.296. The van der Waals surface area contributed by atoms with Crippen molar-refractivity contribution < 1.29 is 0 Å². The molecule has 2 aliphatic rings. The van der Waals surface area contributed by atoms with Gasteiger partial charge in [-0.15, -0.1) is 0 Å². The molecule has 0 unspecified atom stereocenters. The Bertz CT molecular complexity index is 1370. The molecule has 0 aromatic heterocycles. The molecule has 0 aliphatic heterocycles. The summed E-state index contributed by atoms with van der Waals surface area (Å²) in [6, 6.07) is 32.6. The summed E-state index contributed by atoms with van der Waals surface area (Å²) in [5, 5.41) is 0. The molecule has 35 heavy (non-hydrogen) atoms. The molecule has 176 valence electrons. The molecule has 0 atom stereocenters. The fourth-order valence-electron chi connectivity index (χ4n) is 6.50. The molecule has 0 saturated carbocycles. The maximum atomic E-state index is 2.51. The normalized spacial score (nSPS) is 14.3. The smallest absolute Gasteiger partial charge is 0.0725 e. The minimum absolute atomic E-state index is 0.264. The van der Waals surface area contributed by atoms with E-state index >= 15 is 0 Å². The van der Waals surface area contributed by atoms with E-state index in [-0.39, 0.29) is 5.41 Å². The summed E-state index contributed by atoms with van der Waals surface area (Å²) in [7, 11) is 4.30. The van der Waals surface area contributed by atoms with Crippen molar-refractivity contribution in [2.45, 2.75) is 32.4 Å². The molecule has 2 nitrogen and oxygen atoms in total. The molecule has 4 aromatic carbocycles. The predicted octanol–water partition coefficient (Wildman–Crippen LogP) is 6.93. The third-order valence-electron chi connectivity index (χ3n) is 8.02. The van der Waals surface area contributed by atoms with Gasteiger partial charge < -0.3 is 4.90 Å². The lowest BCUT2D eigenvalue weighted by Gasteiger charge is -2.31. The molecule has 1 spiro atoms. The summed E-state index contributed by atoms with van der Waals surface area (Å²) in [5.41, 5.74) is 13.7. The van der Waals surface area contributed by atoms with Crippen LogP contribution >= 0.6 is 0 Å². The number of rotatable bonds is 6. The zero-order valence-corrected chi connectivity index (χ0v) is 21.3. The molecule has 0 saturated heterocycles. The van der Waals surface area contributed by atoms with Crippen LogP contribution in [0.25, 0.3) is 22.3 Å². The Morgan fingerprint density at radius 3 is 1.49 bits per heavy atom. The van der Waals surface area contributed by atoms with Gasteiger partial charge in [-0.25, -0.2) is 0 Å². The van der Waals surface area contributed by atoms with Crippen LogP contribution in [0.5, 0.6) is 0 Å². The van der Waals surface area contributed by atoms with E-state index in [9.17, 15) is 0 Å². The van der Waals surface area contributed by atoms with E-state index in [1.807, 2.05) is 0 Å². The zero-order valence-electron chi connectivity index (χ0n) is 21.3. The third kappa shape index (κ3) is 3.24. The van der Waals surface area contributed by atoms with Gasteiger partial charge in [0.1, 0.15) is 0 Å². The molecule has 2 aliphatic carbocycles. The summed E-state index contributed by atoms with van der Waals surface area (Å²) in [5.74, 6) is 0. The summed E-state index contributed by atoms with van der Waals surface area (Å²) >= 11 is 0. The summed E-state index contributed by atoms with van der Waals surface area (Å²) in [6.45, 7) is 8.57. The van der Waals surface area contributed by atoms with E-state index in [2.05, 4.69) is 123 Å². The molecular formula is C33H34N2. The highest BCUT2D eigenvalue weighted by molar-refractivity contribution is 5.95. The van der Waals surface area contributed by atoms with Crippen LogP contribution in [0, 0.1) is 0 Å². The van der Waals surface area contributed by atoms with Crippen LogP contribution in [-0.2, 0) is 18.5 Å². The van der Waals surface area contributed by atoms with Gasteiger partial charge >= 0.3 is 0 Å². The standard InChI is InChI=1S/C33H34N2/c1-5-35(6-2)22-24-16-18-28-27-17-15-23(21-34(3)4)19-31(27)33(32(28)20-24)29-13-9-7-11-25(29)26-12-8-10-14-30(26)33/h7-20H,5-6,21-22H2,1-4H3. The van der Waals surface area contributed by atoms with Gasteiger partial charge in [-0.3, -0.25) is 4.90 Å². The van der Waals surface area contributed by atoms with Crippen LogP contribution in [0.15, 0.2) is 84.9 Å². The Balaban J connectivity index is 1.67. The summed E-state index contributed by atoms with van der Waals surface area (Å²) in [6.07, 6.45) is 0. The van der Waals surface area contributed by atoms with Crippen molar-refractivity contribution in [3.05, 3.63) is 118 Å². The molecule has 0 radical (unpaired) electrons. The van der Waals surface area contributed by atoms with E-state index in [0.717, 1.165) is 26.2 Å². The van der Waals surface area contributed by atoms with Gasteiger partial charge in [-0.05, 0) is 82.8 Å². The maximum absolute atomic E-state index is 2.51. The van der Waals surface area contributed by atoms with Gasteiger partial charge in [0, 0.05) is 13.1 Å². The van der Waals surface area contributed by atoms with Crippen molar-refractivity contribution in [3.63, 3.8) is 0 Å². The first-order valence-electron chi connectivity index (χ1n) is 12.9. The van der Waals surface area contributed by atoms with Gasteiger partial charge in [0.25, 0.3) is 0 Å². The van der Waals surface area contributed by atoms with Crippen LogP contribution in [0.4, 0.5) is 0 Å². The highest BCUT2D eigenvalue weighted by Gasteiger charge is 2.51. The highest BCUT2D eigenvalue weighted by Crippen LogP contribution is 2.62. The van der Waals surface area contributed by atoms with Crippen molar-refractivity contribution >= 4 is 0 Å². The molecule has 2 heteroatoms. The van der Waals surface area contributed by atoms with E-state index in [0.29, 0.717) is 0 Å². The lowest BCUT2D eigenvalue weighted by Crippen LogP contribution is -2.27. The molecular weight excluding hydrogens is 424 g/mol. The number of hydrogen-bond acceptors (Lipinski definition) is 2. The number of hydrogen-bond donors (Lipinski definition) is 0. The summed E-state index contributed by atoms with van der Waals surface area (Å²) in [4.78, 5) is 4.76. The van der Waals surface area contributed by atoms with Crippen molar-refractivity contribution in [1.29, 1.82) is 0 Å². The first-order valence-corrected chi connectivity index (χ1v) is 12.9. The van der Waals surface area contributed by atoms with E-state index in [4.69, 9.17) is 0 Å². The molecule has 6 rings (SSSR count). The van der Waals surface area contributed by atoms with Crippen LogP contribution in [0.1, 0.15) is 47.2 Å². The molecule has 0 fully saturated rings. The van der Waals surface area contributed by atoms with Crippen molar-refractivity contribution in [3.8, 4) is 22.3 Å². The zero-order chi connectivity index (χ0) is 24.2. The van der Waals surface area contributed by atoms with Gasteiger partial charge in [0.05, 0.1) is 5.41 Å². The number of fused-ring (bicyclic) bond motifs is 10. The Kier molecular flexibility index (Phi) is 5.40. The first kappa shape index (κ1) is 22.3. The minimum Gasteiger partial charge on any atom is -0.305 e. The Morgan fingerprint density at radius 1 is 0.543 bits per heavy atom. The monoisotopic (exact) mass is 458 g/mol. The van der Waals surface area contributed by atoms with E-state index in [1.165, 1.54) is 55.6 Å². The topological polar surface area (TPSA) is 6.48 Å². The minimum atomic E-state index is -0.264. The second-order valence-electron chi connectivity index (χ2n) is 10.3. The molecule has 0 N–H and O–H groups in total. The number of benzene rings is 4. The first-order chi connectivity index (χ1) is 17.1. The molecule has 0 bridgehead atoms. The predicted molar refractivity (Wildman–Crippen MR) is 147 cm³/mol. The van der Waals surface area contributed by atoms with Crippen molar-refractivity contribution in [1.82, 2.24) is 9.80 Å². The van der Waals surface area contributed by atoms with Gasteiger partial charge in [-0.1, -0.05) is 98.8 Å². The number of nitrogens with zero attached hydrogens (tertiary/aromatic N) is 2. The van der Waals surface area contributed by atoms with Crippen LogP contribution in [0.2, 0.25) is 0 Å². The van der Waals surface area contributed by atoms with Gasteiger partial charge in [0.15, 0.2) is 0 Å². The Labute approximate surface area is 209 Å². The van der Waals surface area contributed by atoms with Gasteiger partial charge in [-0.2, -0.15) is 0 Å². The van der Waals surface area contributed by atoms with Gasteiger partial charge in [0.2, 0.25) is 0 Å². The largest absolute Gasteiger partial charge is 0.305 e. The summed E-state index contributed by atoms with van der Waals surface area (Å²) < 4.78 is 0. The maximum Gasteiger partial charge on any atom is 0.0725 e. The average Bonchev–Trinajstić information content (AvgIpc) is 3.33. The van der Waals surface area contributed by atoms with E-state index < -0.39 is 0 Å². The fourth-order valence-corrected chi connectivity index (χ4v) is 6.50. The second-order valence-corrected chi connectivity index (χ2v) is 10.3. The van der Waals surface area contributed by atoms with Crippen molar-refractivity contribution in [2.75, 3.05) is 27.2 Å². The second kappa shape index (κ2) is 8.48.